The van der Waals surface area contributed by atoms with Crippen molar-refractivity contribution in [3.05, 3.63) is 105 Å². The van der Waals surface area contributed by atoms with Crippen LogP contribution in [0.3, 0.4) is 0 Å². The summed E-state index contributed by atoms with van der Waals surface area (Å²) in [5.41, 5.74) is 4.50. The molecular formula is C22H17N3O5. The summed E-state index contributed by atoms with van der Waals surface area (Å²) in [6.45, 7) is 1.83. The van der Waals surface area contributed by atoms with Crippen molar-refractivity contribution in [2.75, 3.05) is 0 Å². The van der Waals surface area contributed by atoms with Gasteiger partial charge in [0.25, 0.3) is 11.6 Å². The van der Waals surface area contributed by atoms with Gasteiger partial charge in [0, 0.05) is 17.7 Å². The Balaban J connectivity index is 1.56. The molecule has 0 spiro atoms. The Labute approximate surface area is 172 Å². The van der Waals surface area contributed by atoms with Gasteiger partial charge in [-0.05, 0) is 60.5 Å². The number of benzene rings is 3. The van der Waals surface area contributed by atoms with Crippen molar-refractivity contribution >= 4 is 23.8 Å². The van der Waals surface area contributed by atoms with Gasteiger partial charge in [-0.2, -0.15) is 5.10 Å². The lowest BCUT2D eigenvalue weighted by Gasteiger charge is -2.06. The van der Waals surface area contributed by atoms with Gasteiger partial charge in [0.15, 0.2) is 0 Å². The number of rotatable bonds is 6. The fourth-order valence-electron chi connectivity index (χ4n) is 2.55. The molecule has 8 heteroatoms. The fraction of sp³-hybridized carbons (Fsp3) is 0.0455. The van der Waals surface area contributed by atoms with Crippen molar-refractivity contribution in [2.24, 2.45) is 5.10 Å². The predicted molar refractivity (Wildman–Crippen MR) is 111 cm³/mol. The number of carbonyl (C=O) groups is 2. The van der Waals surface area contributed by atoms with Gasteiger partial charge in [0.1, 0.15) is 5.75 Å². The Morgan fingerprint density at radius 1 is 1.00 bits per heavy atom. The van der Waals surface area contributed by atoms with Crippen molar-refractivity contribution in [1.82, 2.24) is 5.43 Å². The van der Waals surface area contributed by atoms with Gasteiger partial charge >= 0.3 is 5.97 Å². The molecule has 1 amide bonds. The summed E-state index contributed by atoms with van der Waals surface area (Å²) in [7, 11) is 0. The van der Waals surface area contributed by atoms with E-state index in [0.717, 1.165) is 5.56 Å². The number of hydrazone groups is 1. The number of ether oxygens (including phenoxy) is 1. The van der Waals surface area contributed by atoms with Gasteiger partial charge in [0.2, 0.25) is 0 Å². The maximum Gasteiger partial charge on any atom is 0.343 e. The van der Waals surface area contributed by atoms with Crippen molar-refractivity contribution in [1.29, 1.82) is 0 Å². The molecule has 0 saturated heterocycles. The van der Waals surface area contributed by atoms with E-state index in [2.05, 4.69) is 10.5 Å². The average molecular weight is 403 g/mol. The second kappa shape index (κ2) is 9.24. The molecule has 0 atom stereocenters. The molecule has 0 aliphatic heterocycles. The van der Waals surface area contributed by atoms with Crippen LogP contribution >= 0.6 is 0 Å². The molecule has 150 valence electrons. The molecule has 1 N–H and O–H groups in total. The van der Waals surface area contributed by atoms with Crippen molar-refractivity contribution in [2.45, 2.75) is 6.92 Å². The number of hydrogen-bond donors (Lipinski definition) is 1. The zero-order valence-corrected chi connectivity index (χ0v) is 15.9. The maximum absolute atomic E-state index is 12.2. The van der Waals surface area contributed by atoms with Crippen molar-refractivity contribution in [3.8, 4) is 5.75 Å². The summed E-state index contributed by atoms with van der Waals surface area (Å²) in [5.74, 6) is -0.551. The van der Waals surface area contributed by atoms with Crippen LogP contribution in [0.1, 0.15) is 31.8 Å². The molecule has 30 heavy (non-hydrogen) atoms. The number of nitrogens with one attached hydrogen (secondary N) is 1. The van der Waals surface area contributed by atoms with E-state index in [1.807, 2.05) is 19.1 Å². The number of aryl methyl sites for hydroxylation is 1. The normalized spacial score (nSPS) is 10.6. The van der Waals surface area contributed by atoms with Gasteiger partial charge in [-0.15, -0.1) is 0 Å². The topological polar surface area (TPSA) is 111 Å². The fourth-order valence-corrected chi connectivity index (χ4v) is 2.55. The van der Waals surface area contributed by atoms with Gasteiger partial charge < -0.3 is 4.74 Å². The quantitative estimate of drug-likeness (QED) is 0.221. The molecule has 3 rings (SSSR count). The van der Waals surface area contributed by atoms with Gasteiger partial charge in [-0.1, -0.05) is 18.2 Å². The first-order valence-electron chi connectivity index (χ1n) is 8.90. The first kappa shape index (κ1) is 20.4. The number of nitro benzene ring substituents is 1. The minimum absolute atomic E-state index is 0.0988. The molecule has 0 fully saturated rings. The third kappa shape index (κ3) is 5.14. The molecule has 0 aliphatic rings. The van der Waals surface area contributed by atoms with Crippen LogP contribution in [0.2, 0.25) is 0 Å². The highest BCUT2D eigenvalue weighted by atomic mass is 16.6. The van der Waals surface area contributed by atoms with Crippen LogP contribution in [0.15, 0.2) is 77.9 Å². The molecule has 0 heterocycles. The molecule has 3 aromatic rings. The van der Waals surface area contributed by atoms with Crippen LogP contribution in [0, 0.1) is 17.0 Å². The smallest absolute Gasteiger partial charge is 0.343 e. The third-order valence-corrected chi connectivity index (χ3v) is 4.18. The molecule has 0 radical (unpaired) electrons. The van der Waals surface area contributed by atoms with E-state index >= 15 is 0 Å². The molecular weight excluding hydrogens is 386 g/mol. The summed E-state index contributed by atoms with van der Waals surface area (Å²) < 4.78 is 5.36. The van der Waals surface area contributed by atoms with Crippen LogP contribution in [0.4, 0.5) is 5.69 Å². The maximum atomic E-state index is 12.2. The van der Waals surface area contributed by atoms with Crippen LogP contribution in [0.5, 0.6) is 5.75 Å². The van der Waals surface area contributed by atoms with Crippen LogP contribution in [-0.2, 0) is 0 Å². The highest BCUT2D eigenvalue weighted by molar-refractivity contribution is 5.95. The van der Waals surface area contributed by atoms with E-state index in [1.54, 1.807) is 36.4 Å². The molecule has 0 aromatic heterocycles. The van der Waals surface area contributed by atoms with Gasteiger partial charge in [-0.25, -0.2) is 10.2 Å². The highest BCUT2D eigenvalue weighted by Crippen LogP contribution is 2.15. The monoisotopic (exact) mass is 403 g/mol. The molecule has 3 aromatic carbocycles. The Bertz CT molecular complexity index is 1110. The molecule has 0 saturated carbocycles. The number of amides is 1. The molecule has 0 bridgehead atoms. The number of nitrogens with zero attached hydrogens (tertiary/aromatic N) is 2. The molecule has 8 nitrogen and oxygen atoms in total. The van der Waals surface area contributed by atoms with Crippen LogP contribution < -0.4 is 10.2 Å². The number of carbonyl (C=O) groups excluding carboxylic acids is 2. The van der Waals surface area contributed by atoms with E-state index in [1.165, 1.54) is 30.5 Å². The number of non-ortho nitro benzene ring substituents is 1. The highest BCUT2D eigenvalue weighted by Gasteiger charge is 2.11. The van der Waals surface area contributed by atoms with Gasteiger partial charge in [-0.3, -0.25) is 14.9 Å². The lowest BCUT2D eigenvalue weighted by atomic mass is 10.1. The summed E-state index contributed by atoms with van der Waals surface area (Å²) in [5, 5.41) is 14.5. The second-order valence-corrected chi connectivity index (χ2v) is 6.28. The summed E-state index contributed by atoms with van der Waals surface area (Å²) in [4.78, 5) is 34.3. The summed E-state index contributed by atoms with van der Waals surface area (Å²) in [6.07, 6.45) is 1.43. The standard InChI is InChI=1S/C22H17N3O5/c1-15-4-2-3-5-20(15)22(27)30-19-12-6-16(7-13-19)14-23-24-21(26)17-8-10-18(11-9-17)25(28)29/h2-14H,1H3,(H,24,26). The minimum atomic E-state index is -0.540. The Kier molecular flexibility index (Phi) is 6.29. The molecule has 0 unspecified atom stereocenters. The van der Waals surface area contributed by atoms with E-state index in [-0.39, 0.29) is 11.3 Å². The summed E-state index contributed by atoms with van der Waals surface area (Å²) in [6, 6.07) is 18.9. The van der Waals surface area contributed by atoms with Crippen molar-refractivity contribution in [3.63, 3.8) is 0 Å². The Hall–Kier alpha value is -4.33. The average Bonchev–Trinajstić information content (AvgIpc) is 2.75. The van der Waals surface area contributed by atoms with Crippen molar-refractivity contribution < 1.29 is 19.2 Å². The lowest BCUT2D eigenvalue weighted by molar-refractivity contribution is -0.384. The van der Waals surface area contributed by atoms with E-state index < -0.39 is 16.8 Å². The number of esters is 1. The third-order valence-electron chi connectivity index (χ3n) is 4.18. The predicted octanol–water partition coefficient (Wildman–Crippen LogP) is 3.89. The van der Waals surface area contributed by atoms with Crippen LogP contribution in [0.25, 0.3) is 0 Å². The first-order chi connectivity index (χ1) is 14.4. The summed E-state index contributed by atoms with van der Waals surface area (Å²) >= 11 is 0. The first-order valence-corrected chi connectivity index (χ1v) is 8.90. The Morgan fingerprint density at radius 2 is 1.67 bits per heavy atom. The van der Waals surface area contributed by atoms with E-state index in [0.29, 0.717) is 16.9 Å². The number of hydrogen-bond acceptors (Lipinski definition) is 6. The minimum Gasteiger partial charge on any atom is -0.423 e. The number of nitro groups is 1. The SMILES string of the molecule is Cc1ccccc1C(=O)Oc1ccc(C=NNC(=O)c2ccc([N+](=O)[O-])cc2)cc1. The van der Waals surface area contributed by atoms with Gasteiger partial charge in [0.05, 0.1) is 16.7 Å². The second-order valence-electron chi connectivity index (χ2n) is 6.28. The van der Waals surface area contributed by atoms with Crippen LogP contribution in [-0.4, -0.2) is 23.0 Å². The largest absolute Gasteiger partial charge is 0.423 e. The molecule has 0 aliphatic carbocycles. The lowest BCUT2D eigenvalue weighted by Crippen LogP contribution is -2.17. The Morgan fingerprint density at radius 3 is 2.30 bits per heavy atom. The van der Waals surface area contributed by atoms with E-state index in [9.17, 15) is 19.7 Å². The zero-order valence-electron chi connectivity index (χ0n) is 15.9. The van der Waals surface area contributed by atoms with E-state index in [4.69, 9.17) is 4.74 Å². The zero-order chi connectivity index (χ0) is 21.5.